The van der Waals surface area contributed by atoms with E-state index in [9.17, 15) is 4.79 Å². The van der Waals surface area contributed by atoms with Gasteiger partial charge in [-0.25, -0.2) is 4.98 Å². The Morgan fingerprint density at radius 3 is 2.83 bits per heavy atom. The van der Waals surface area contributed by atoms with Gasteiger partial charge < -0.3 is 4.90 Å². The summed E-state index contributed by atoms with van der Waals surface area (Å²) >= 11 is 0. The predicted molar refractivity (Wildman–Crippen MR) is 92.5 cm³/mol. The van der Waals surface area contributed by atoms with E-state index in [2.05, 4.69) is 34.2 Å². The third kappa shape index (κ3) is 2.56. The minimum absolute atomic E-state index is 0.00547. The third-order valence-electron chi connectivity index (χ3n) is 4.81. The number of hydrogen-bond acceptors (Lipinski definition) is 3. The number of likely N-dealkylation sites (tertiary alicyclic amines) is 1. The average molecular weight is 320 g/mol. The number of pyridine rings is 1. The summed E-state index contributed by atoms with van der Waals surface area (Å²) < 4.78 is 0. The van der Waals surface area contributed by atoms with E-state index in [1.54, 1.807) is 6.20 Å². The maximum absolute atomic E-state index is 13.2. The summed E-state index contributed by atoms with van der Waals surface area (Å²) in [6.45, 7) is 2.97. The van der Waals surface area contributed by atoms with Gasteiger partial charge in [0, 0.05) is 12.7 Å². The predicted octanol–water partition coefficient (Wildman–Crippen LogP) is 3.57. The second-order valence-electron chi connectivity index (χ2n) is 6.54. The maximum atomic E-state index is 13.2. The van der Waals surface area contributed by atoms with Crippen LogP contribution in [0, 0.1) is 5.92 Å². The van der Waals surface area contributed by atoms with Crippen LogP contribution in [0.2, 0.25) is 0 Å². The first kappa shape index (κ1) is 14.9. The van der Waals surface area contributed by atoms with Crippen LogP contribution >= 0.6 is 0 Å². The van der Waals surface area contributed by atoms with Gasteiger partial charge in [0.15, 0.2) is 5.65 Å². The van der Waals surface area contributed by atoms with E-state index in [1.165, 1.54) is 5.56 Å². The molecule has 2 aromatic heterocycles. The zero-order valence-electron chi connectivity index (χ0n) is 13.6. The fraction of sp³-hybridized carbons (Fsp3) is 0.316. The second kappa shape index (κ2) is 6.07. The van der Waals surface area contributed by atoms with Crippen LogP contribution in [-0.4, -0.2) is 32.5 Å². The van der Waals surface area contributed by atoms with Crippen LogP contribution in [0.25, 0.3) is 11.0 Å². The molecule has 2 unspecified atom stereocenters. The standard InChI is InChI=1S/C19H20N4O/c1-13-9-10-16(14-6-3-2-4-7-14)23(12-13)19(24)17-15-8-5-11-20-18(15)22-21-17/h2-8,11,13,16H,9-10,12H2,1H3,(H,20,21,22). The highest BCUT2D eigenvalue weighted by molar-refractivity contribution is 6.04. The molecule has 4 rings (SSSR count). The first-order chi connectivity index (χ1) is 11.7. The Hall–Kier alpha value is -2.69. The normalized spacial score (nSPS) is 21.1. The molecule has 3 aromatic rings. The quantitative estimate of drug-likeness (QED) is 0.785. The number of piperidine rings is 1. The fourth-order valence-corrected chi connectivity index (χ4v) is 3.56. The molecule has 1 aliphatic rings. The lowest BCUT2D eigenvalue weighted by Crippen LogP contribution is -2.41. The van der Waals surface area contributed by atoms with Crippen LogP contribution in [0.5, 0.6) is 0 Å². The van der Waals surface area contributed by atoms with Crippen molar-refractivity contribution in [3.05, 3.63) is 59.9 Å². The van der Waals surface area contributed by atoms with Crippen molar-refractivity contribution < 1.29 is 4.79 Å². The van der Waals surface area contributed by atoms with Crippen molar-refractivity contribution in [1.29, 1.82) is 0 Å². The largest absolute Gasteiger partial charge is 0.330 e. The zero-order chi connectivity index (χ0) is 16.5. The van der Waals surface area contributed by atoms with Crippen LogP contribution in [0.1, 0.15) is 41.9 Å². The van der Waals surface area contributed by atoms with Crippen molar-refractivity contribution in [1.82, 2.24) is 20.1 Å². The molecule has 1 aliphatic heterocycles. The van der Waals surface area contributed by atoms with Crippen molar-refractivity contribution in [3.8, 4) is 0 Å². The Labute approximate surface area is 140 Å². The summed E-state index contributed by atoms with van der Waals surface area (Å²) in [6, 6.07) is 14.1. The van der Waals surface area contributed by atoms with Crippen molar-refractivity contribution in [2.24, 2.45) is 5.92 Å². The molecule has 5 heteroatoms. The van der Waals surface area contributed by atoms with Crippen LogP contribution < -0.4 is 0 Å². The van der Waals surface area contributed by atoms with Gasteiger partial charge in [-0.3, -0.25) is 9.89 Å². The summed E-state index contributed by atoms with van der Waals surface area (Å²) in [5, 5.41) is 7.85. The molecule has 1 aromatic carbocycles. The summed E-state index contributed by atoms with van der Waals surface area (Å²) in [6.07, 6.45) is 3.81. The zero-order valence-corrected chi connectivity index (χ0v) is 13.6. The lowest BCUT2D eigenvalue weighted by atomic mass is 9.89. The van der Waals surface area contributed by atoms with Crippen molar-refractivity contribution >= 4 is 16.9 Å². The van der Waals surface area contributed by atoms with E-state index in [-0.39, 0.29) is 11.9 Å². The minimum Gasteiger partial charge on any atom is -0.330 e. The van der Waals surface area contributed by atoms with Gasteiger partial charge >= 0.3 is 0 Å². The highest BCUT2D eigenvalue weighted by atomic mass is 16.2. The first-order valence-electron chi connectivity index (χ1n) is 8.39. The monoisotopic (exact) mass is 320 g/mol. The number of nitrogens with one attached hydrogen (secondary N) is 1. The SMILES string of the molecule is CC1CCC(c2ccccc2)N(C(=O)c2[nH]nc3ncccc23)C1. The van der Waals surface area contributed by atoms with Gasteiger partial charge in [-0.05, 0) is 36.5 Å². The number of H-pyrrole nitrogens is 1. The van der Waals surface area contributed by atoms with Gasteiger partial charge in [0.2, 0.25) is 0 Å². The first-order valence-corrected chi connectivity index (χ1v) is 8.39. The summed E-state index contributed by atoms with van der Waals surface area (Å²) in [5.74, 6) is 0.507. The Morgan fingerprint density at radius 2 is 2.00 bits per heavy atom. The van der Waals surface area contributed by atoms with Crippen LogP contribution in [0.4, 0.5) is 0 Å². The molecule has 0 aliphatic carbocycles. The van der Waals surface area contributed by atoms with Gasteiger partial charge in [0.25, 0.3) is 5.91 Å². The summed E-state index contributed by atoms with van der Waals surface area (Å²) in [7, 11) is 0. The topological polar surface area (TPSA) is 61.9 Å². The molecule has 1 saturated heterocycles. The van der Waals surface area contributed by atoms with E-state index in [0.29, 0.717) is 17.3 Å². The van der Waals surface area contributed by atoms with Crippen molar-refractivity contribution in [2.75, 3.05) is 6.54 Å². The molecule has 5 nitrogen and oxygen atoms in total. The number of fused-ring (bicyclic) bond motifs is 1. The summed E-state index contributed by atoms with van der Waals surface area (Å²) in [5.41, 5.74) is 2.31. The van der Waals surface area contributed by atoms with Gasteiger partial charge in [-0.2, -0.15) is 5.10 Å². The smallest absolute Gasteiger partial charge is 0.273 e. The molecule has 0 spiro atoms. The molecular formula is C19H20N4O. The van der Waals surface area contributed by atoms with Crippen molar-refractivity contribution in [2.45, 2.75) is 25.8 Å². The van der Waals surface area contributed by atoms with Gasteiger partial charge in [-0.15, -0.1) is 0 Å². The fourth-order valence-electron chi connectivity index (χ4n) is 3.56. The minimum atomic E-state index is 0.00547. The molecule has 0 bridgehead atoms. The average Bonchev–Trinajstić information content (AvgIpc) is 3.06. The molecule has 24 heavy (non-hydrogen) atoms. The molecule has 1 amide bonds. The number of amides is 1. The van der Waals surface area contributed by atoms with Crippen LogP contribution in [0.3, 0.4) is 0 Å². The number of rotatable bonds is 2. The molecule has 1 N–H and O–H groups in total. The van der Waals surface area contributed by atoms with E-state index in [0.717, 1.165) is 24.8 Å². The number of benzene rings is 1. The lowest BCUT2D eigenvalue weighted by Gasteiger charge is -2.38. The highest BCUT2D eigenvalue weighted by Gasteiger charge is 2.33. The van der Waals surface area contributed by atoms with Gasteiger partial charge in [0.1, 0.15) is 5.69 Å². The number of carbonyl (C=O) groups is 1. The molecule has 2 atom stereocenters. The van der Waals surface area contributed by atoms with Gasteiger partial charge in [0.05, 0.1) is 11.4 Å². The number of hydrogen-bond donors (Lipinski definition) is 1. The second-order valence-corrected chi connectivity index (χ2v) is 6.54. The van der Waals surface area contributed by atoms with Crippen LogP contribution in [-0.2, 0) is 0 Å². The number of aromatic amines is 1. The Bertz CT molecular complexity index is 858. The Kier molecular flexibility index (Phi) is 3.76. The Morgan fingerprint density at radius 1 is 1.17 bits per heavy atom. The van der Waals surface area contributed by atoms with E-state index in [4.69, 9.17) is 0 Å². The van der Waals surface area contributed by atoms with Gasteiger partial charge in [-0.1, -0.05) is 37.3 Å². The van der Waals surface area contributed by atoms with E-state index >= 15 is 0 Å². The lowest BCUT2D eigenvalue weighted by molar-refractivity contribution is 0.0540. The molecule has 0 saturated carbocycles. The third-order valence-corrected chi connectivity index (χ3v) is 4.81. The Balaban J connectivity index is 1.72. The molecular weight excluding hydrogens is 300 g/mol. The number of carbonyl (C=O) groups excluding carboxylic acids is 1. The molecule has 0 radical (unpaired) electrons. The van der Waals surface area contributed by atoms with Crippen molar-refractivity contribution in [3.63, 3.8) is 0 Å². The highest BCUT2D eigenvalue weighted by Crippen LogP contribution is 2.34. The van der Waals surface area contributed by atoms with E-state index in [1.807, 2.05) is 35.2 Å². The maximum Gasteiger partial charge on any atom is 0.273 e. The van der Waals surface area contributed by atoms with E-state index < -0.39 is 0 Å². The molecule has 3 heterocycles. The molecule has 1 fully saturated rings. The summed E-state index contributed by atoms with van der Waals surface area (Å²) in [4.78, 5) is 19.4. The van der Waals surface area contributed by atoms with Crippen LogP contribution in [0.15, 0.2) is 48.7 Å². The number of aromatic nitrogens is 3. The molecule has 122 valence electrons. The number of nitrogens with zero attached hydrogens (tertiary/aromatic N) is 3.